The number of hydrogen-bond donors (Lipinski definition) is 0. The first-order valence-corrected chi connectivity index (χ1v) is 11.2. The summed E-state index contributed by atoms with van der Waals surface area (Å²) in [6, 6.07) is 23.6. The van der Waals surface area contributed by atoms with Crippen molar-refractivity contribution in [2.24, 2.45) is 0 Å². The fraction of sp³-hybridized carbons (Fsp3) is 0.160. The van der Waals surface area contributed by atoms with Crippen molar-refractivity contribution in [3.8, 4) is 0 Å². The molecule has 1 aliphatic heterocycles. The molecule has 1 spiro atoms. The number of rotatable bonds is 3. The van der Waals surface area contributed by atoms with Gasteiger partial charge in [0.15, 0.2) is 0 Å². The summed E-state index contributed by atoms with van der Waals surface area (Å²) in [5, 5.41) is 1.35. The Hall–Kier alpha value is -2.20. The van der Waals surface area contributed by atoms with Crippen LogP contribution in [0, 0.1) is 0 Å². The lowest BCUT2D eigenvalue weighted by atomic mass is 9.82. The summed E-state index contributed by atoms with van der Waals surface area (Å²) in [5.74, 6) is 0.108. The first kappa shape index (κ1) is 19.7. The Morgan fingerprint density at radius 3 is 2.23 bits per heavy atom. The van der Waals surface area contributed by atoms with Crippen LogP contribution >= 0.6 is 35.0 Å². The number of nitrogens with zero attached hydrogens (tertiary/aromatic N) is 1. The Bertz CT molecular complexity index is 1170. The largest absolute Gasteiger partial charge is 0.313 e. The molecule has 30 heavy (non-hydrogen) atoms. The lowest BCUT2D eigenvalue weighted by molar-refractivity contribution is -0.118. The number of anilines is 1. The first-order valence-electron chi connectivity index (χ1n) is 9.67. The molecular weight excluding hydrogens is 433 g/mol. The van der Waals surface area contributed by atoms with E-state index in [9.17, 15) is 4.79 Å². The number of allylic oxidation sites excluding steroid dienone is 1. The highest BCUT2D eigenvalue weighted by atomic mass is 35.5. The number of para-hydroxylation sites is 1. The Balaban J connectivity index is 1.68. The number of thioether (sulfide) groups is 1. The van der Waals surface area contributed by atoms with Gasteiger partial charge in [0.2, 0.25) is 5.91 Å². The molecule has 1 fully saturated rings. The molecule has 0 radical (unpaired) electrons. The van der Waals surface area contributed by atoms with Gasteiger partial charge in [-0.25, -0.2) is 0 Å². The van der Waals surface area contributed by atoms with Crippen molar-refractivity contribution in [2.45, 2.75) is 21.5 Å². The molecule has 1 amide bonds. The van der Waals surface area contributed by atoms with Crippen LogP contribution in [0.5, 0.6) is 0 Å². The third kappa shape index (κ3) is 2.69. The van der Waals surface area contributed by atoms with Crippen molar-refractivity contribution in [1.29, 1.82) is 0 Å². The van der Waals surface area contributed by atoms with Gasteiger partial charge in [-0.1, -0.05) is 66.2 Å². The highest BCUT2D eigenvalue weighted by Crippen LogP contribution is 2.74. The summed E-state index contributed by atoms with van der Waals surface area (Å²) < 4.78 is -0.638. The smallest absolute Gasteiger partial charge is 0.244 e. The fourth-order valence-corrected chi connectivity index (χ4v) is 6.65. The highest BCUT2D eigenvalue weighted by Gasteiger charge is 2.76. The van der Waals surface area contributed by atoms with Crippen LogP contribution in [0.3, 0.4) is 0 Å². The van der Waals surface area contributed by atoms with E-state index in [1.54, 1.807) is 16.7 Å². The molecule has 3 aromatic rings. The number of carbonyl (C=O) groups excluding carboxylic acids is 1. The molecule has 0 N–H and O–H groups in total. The fourth-order valence-electron chi connectivity index (χ4n) is 4.63. The van der Waals surface area contributed by atoms with Crippen LogP contribution in [0.2, 0.25) is 10.0 Å². The summed E-state index contributed by atoms with van der Waals surface area (Å²) in [7, 11) is 1.86. The molecule has 0 bridgehead atoms. The summed E-state index contributed by atoms with van der Waals surface area (Å²) in [5.41, 5.74) is 3.40. The standard InChI is InChI=1S/C25H19Cl2NOS/c1-16(17-7-11-19(26)12-8-17)24(18-9-13-20(27)14-10-18)15-25(24)23(29)28(2)21-5-3-4-6-22(21)30-25/h3-14H,1,15H2,2H3/t24-,25+/m0/s1. The van der Waals surface area contributed by atoms with Gasteiger partial charge in [-0.05, 0) is 59.5 Å². The van der Waals surface area contributed by atoms with Gasteiger partial charge in [0, 0.05) is 27.4 Å². The van der Waals surface area contributed by atoms with E-state index in [1.165, 1.54) is 0 Å². The van der Waals surface area contributed by atoms with Gasteiger partial charge in [-0.3, -0.25) is 4.79 Å². The summed E-state index contributed by atoms with van der Waals surface area (Å²) in [6.07, 6.45) is 0.686. The monoisotopic (exact) mass is 451 g/mol. The Kier molecular flexibility index (Phi) is 4.55. The predicted octanol–water partition coefficient (Wildman–Crippen LogP) is 6.86. The quantitative estimate of drug-likeness (QED) is 0.433. The molecule has 3 aromatic carbocycles. The Labute approximate surface area is 190 Å². The number of fused-ring (bicyclic) bond motifs is 1. The van der Waals surface area contributed by atoms with Crippen LogP contribution in [0.4, 0.5) is 5.69 Å². The third-order valence-electron chi connectivity index (χ3n) is 6.28. The molecule has 5 heteroatoms. The molecule has 1 saturated carbocycles. The van der Waals surface area contributed by atoms with Gasteiger partial charge < -0.3 is 4.90 Å². The van der Waals surface area contributed by atoms with E-state index in [2.05, 4.69) is 12.6 Å². The minimum Gasteiger partial charge on any atom is -0.313 e. The summed E-state index contributed by atoms with van der Waals surface area (Å²) in [6.45, 7) is 4.49. The van der Waals surface area contributed by atoms with Crippen molar-refractivity contribution >= 4 is 52.1 Å². The number of carbonyl (C=O) groups is 1. The van der Waals surface area contributed by atoms with E-state index in [1.807, 2.05) is 73.8 Å². The van der Waals surface area contributed by atoms with Gasteiger partial charge in [0.25, 0.3) is 0 Å². The van der Waals surface area contributed by atoms with Crippen molar-refractivity contribution in [2.75, 3.05) is 11.9 Å². The summed E-state index contributed by atoms with van der Waals surface area (Å²) >= 11 is 13.9. The number of benzene rings is 3. The zero-order chi connectivity index (χ0) is 21.1. The van der Waals surface area contributed by atoms with E-state index in [0.29, 0.717) is 16.5 Å². The Morgan fingerprint density at radius 1 is 0.967 bits per heavy atom. The van der Waals surface area contributed by atoms with E-state index < -0.39 is 10.2 Å². The average molecular weight is 452 g/mol. The molecule has 0 aromatic heterocycles. The van der Waals surface area contributed by atoms with Crippen molar-refractivity contribution < 1.29 is 4.79 Å². The number of halogens is 2. The molecule has 2 aliphatic rings. The van der Waals surface area contributed by atoms with Gasteiger partial charge in [0.1, 0.15) is 4.75 Å². The molecule has 2 nitrogen and oxygen atoms in total. The molecule has 150 valence electrons. The second kappa shape index (κ2) is 6.91. The molecule has 1 heterocycles. The lowest BCUT2D eigenvalue weighted by Crippen LogP contribution is -2.44. The molecule has 0 saturated heterocycles. The van der Waals surface area contributed by atoms with E-state index in [-0.39, 0.29) is 5.91 Å². The molecule has 0 unspecified atom stereocenters. The lowest BCUT2D eigenvalue weighted by Gasteiger charge is -2.36. The van der Waals surface area contributed by atoms with Gasteiger partial charge in [-0.2, -0.15) is 0 Å². The summed E-state index contributed by atoms with van der Waals surface area (Å²) in [4.78, 5) is 16.6. The van der Waals surface area contributed by atoms with Gasteiger partial charge >= 0.3 is 0 Å². The molecule has 2 atom stereocenters. The highest BCUT2D eigenvalue weighted by molar-refractivity contribution is 8.02. The molecular formula is C25H19Cl2NOS. The topological polar surface area (TPSA) is 20.3 Å². The maximum atomic E-state index is 13.7. The van der Waals surface area contributed by atoms with E-state index >= 15 is 0 Å². The zero-order valence-electron chi connectivity index (χ0n) is 16.4. The second-order valence-corrected chi connectivity index (χ2v) is 10.0. The minimum absolute atomic E-state index is 0.108. The SMILES string of the molecule is C=C(c1ccc(Cl)cc1)[C@]1(c2ccc(Cl)cc2)C[C@]12Sc1ccccc1N(C)C2=O. The van der Waals surface area contributed by atoms with Crippen LogP contribution in [0.25, 0.3) is 5.57 Å². The number of hydrogen-bond acceptors (Lipinski definition) is 2. The third-order valence-corrected chi connectivity index (χ3v) is 8.37. The van der Waals surface area contributed by atoms with Crippen molar-refractivity contribution in [1.82, 2.24) is 0 Å². The normalized spacial score (nSPS) is 24.6. The van der Waals surface area contributed by atoms with E-state index in [0.717, 1.165) is 27.3 Å². The van der Waals surface area contributed by atoms with Crippen LogP contribution in [-0.2, 0) is 10.2 Å². The first-order chi connectivity index (χ1) is 14.4. The molecule has 5 rings (SSSR count). The van der Waals surface area contributed by atoms with Crippen molar-refractivity contribution in [3.63, 3.8) is 0 Å². The Morgan fingerprint density at radius 2 is 1.57 bits per heavy atom. The predicted molar refractivity (Wildman–Crippen MR) is 127 cm³/mol. The maximum absolute atomic E-state index is 13.7. The zero-order valence-corrected chi connectivity index (χ0v) is 18.7. The van der Waals surface area contributed by atoms with Crippen LogP contribution < -0.4 is 4.90 Å². The van der Waals surface area contributed by atoms with Gasteiger partial charge in [-0.15, -0.1) is 11.8 Å². The maximum Gasteiger partial charge on any atom is 0.244 e. The van der Waals surface area contributed by atoms with Crippen LogP contribution in [0.15, 0.2) is 84.3 Å². The van der Waals surface area contributed by atoms with Gasteiger partial charge in [0.05, 0.1) is 5.69 Å². The second-order valence-electron chi connectivity index (χ2n) is 7.84. The average Bonchev–Trinajstić information content (AvgIpc) is 3.43. The number of amides is 1. The van der Waals surface area contributed by atoms with Crippen molar-refractivity contribution in [3.05, 3.63) is 101 Å². The minimum atomic E-state index is -0.638. The van der Waals surface area contributed by atoms with E-state index in [4.69, 9.17) is 23.2 Å². The van der Waals surface area contributed by atoms with Crippen LogP contribution in [0.1, 0.15) is 17.5 Å². The van der Waals surface area contributed by atoms with Crippen LogP contribution in [-0.4, -0.2) is 17.7 Å². The molecule has 1 aliphatic carbocycles.